The molecule has 1 aromatic carbocycles. The number of nitriles is 1. The Balaban J connectivity index is 2.05. The van der Waals surface area contributed by atoms with E-state index < -0.39 is 0 Å². The van der Waals surface area contributed by atoms with Crippen molar-refractivity contribution in [2.75, 3.05) is 0 Å². The third-order valence-corrected chi connectivity index (χ3v) is 3.93. The van der Waals surface area contributed by atoms with E-state index in [1.54, 1.807) is 0 Å². The summed E-state index contributed by atoms with van der Waals surface area (Å²) in [5.74, 6) is 0. The number of benzene rings is 1. The summed E-state index contributed by atoms with van der Waals surface area (Å²) in [7, 11) is 1.93. The third-order valence-electron chi connectivity index (χ3n) is 3.93. The second-order valence-corrected chi connectivity index (χ2v) is 5.32. The number of aryl methyl sites for hydroxylation is 1. The second-order valence-electron chi connectivity index (χ2n) is 5.32. The predicted molar refractivity (Wildman–Crippen MR) is 81.3 cm³/mol. The van der Waals surface area contributed by atoms with Gasteiger partial charge in [-0.2, -0.15) is 5.26 Å². The summed E-state index contributed by atoms with van der Waals surface area (Å²) in [6.45, 7) is 7.08. The van der Waals surface area contributed by atoms with Gasteiger partial charge in [-0.05, 0) is 38.0 Å². The van der Waals surface area contributed by atoms with Gasteiger partial charge in [0.15, 0.2) is 0 Å². The van der Waals surface area contributed by atoms with Gasteiger partial charge in [-0.1, -0.05) is 29.8 Å². The Bertz CT molecular complexity index is 629. The molecule has 1 heterocycles. The molecular weight excluding hydrogens is 246 g/mol. The molecule has 0 saturated carbocycles. The van der Waals surface area contributed by atoms with E-state index in [0.717, 1.165) is 12.2 Å². The molecule has 3 heteroatoms. The van der Waals surface area contributed by atoms with Crippen LogP contribution in [0, 0.1) is 25.2 Å². The standard InChI is InChI=1S/C17H21N3/c1-12-5-7-15(8-6-12)13(2)19-11-16-9-17(10-18)20(4)14(16)3/h5-9,13,19H,11H2,1-4H3/t13-/m0/s1. The lowest BCUT2D eigenvalue weighted by Crippen LogP contribution is -2.18. The van der Waals surface area contributed by atoms with Crippen molar-refractivity contribution >= 4 is 0 Å². The SMILES string of the molecule is Cc1ccc([C@H](C)NCc2cc(C#N)n(C)c2C)cc1. The van der Waals surface area contributed by atoms with Crippen LogP contribution in [0.15, 0.2) is 30.3 Å². The minimum absolute atomic E-state index is 0.292. The lowest BCUT2D eigenvalue weighted by atomic mass is 10.1. The molecule has 0 bridgehead atoms. The predicted octanol–water partition coefficient (Wildman–Crippen LogP) is 3.36. The molecule has 104 valence electrons. The van der Waals surface area contributed by atoms with Gasteiger partial charge >= 0.3 is 0 Å². The van der Waals surface area contributed by atoms with Gasteiger partial charge in [0.1, 0.15) is 11.8 Å². The van der Waals surface area contributed by atoms with Gasteiger partial charge in [0.05, 0.1) is 0 Å². The zero-order chi connectivity index (χ0) is 14.7. The lowest BCUT2D eigenvalue weighted by molar-refractivity contribution is 0.572. The zero-order valence-corrected chi connectivity index (χ0v) is 12.6. The van der Waals surface area contributed by atoms with E-state index in [0.29, 0.717) is 11.7 Å². The molecular formula is C17H21N3. The molecule has 2 rings (SSSR count). The van der Waals surface area contributed by atoms with Gasteiger partial charge in [0, 0.05) is 25.3 Å². The molecule has 0 aliphatic carbocycles. The Morgan fingerprint density at radius 2 is 1.90 bits per heavy atom. The van der Waals surface area contributed by atoms with Crippen LogP contribution < -0.4 is 5.32 Å². The van der Waals surface area contributed by atoms with Crippen LogP contribution in [0.3, 0.4) is 0 Å². The van der Waals surface area contributed by atoms with Crippen LogP contribution >= 0.6 is 0 Å². The topological polar surface area (TPSA) is 40.8 Å². The molecule has 0 fully saturated rings. The van der Waals surface area contributed by atoms with Crippen LogP contribution in [0.1, 0.15) is 41.0 Å². The minimum atomic E-state index is 0.292. The molecule has 3 nitrogen and oxygen atoms in total. The lowest BCUT2D eigenvalue weighted by Gasteiger charge is -2.14. The normalized spacial score (nSPS) is 12.2. The maximum atomic E-state index is 9.05. The molecule has 0 unspecified atom stereocenters. The highest BCUT2D eigenvalue weighted by Gasteiger charge is 2.10. The van der Waals surface area contributed by atoms with Gasteiger partial charge in [-0.15, -0.1) is 0 Å². The van der Waals surface area contributed by atoms with Crippen LogP contribution in [0.5, 0.6) is 0 Å². The first-order chi connectivity index (χ1) is 9.52. The van der Waals surface area contributed by atoms with Crippen molar-refractivity contribution in [3.8, 4) is 6.07 Å². The summed E-state index contributed by atoms with van der Waals surface area (Å²) < 4.78 is 1.94. The van der Waals surface area contributed by atoms with Gasteiger partial charge in [-0.25, -0.2) is 0 Å². The Hall–Kier alpha value is -2.05. The molecule has 1 atom stereocenters. The van der Waals surface area contributed by atoms with E-state index in [1.165, 1.54) is 16.7 Å². The largest absolute Gasteiger partial charge is 0.340 e. The van der Waals surface area contributed by atoms with Gasteiger partial charge in [0.2, 0.25) is 0 Å². The fourth-order valence-corrected chi connectivity index (χ4v) is 2.28. The highest BCUT2D eigenvalue weighted by atomic mass is 15.0. The van der Waals surface area contributed by atoms with Crippen molar-refractivity contribution in [3.63, 3.8) is 0 Å². The van der Waals surface area contributed by atoms with Crippen LogP contribution in [0.4, 0.5) is 0 Å². The third kappa shape index (κ3) is 2.92. The van der Waals surface area contributed by atoms with Crippen molar-refractivity contribution in [3.05, 3.63) is 58.4 Å². The second kappa shape index (κ2) is 5.94. The maximum absolute atomic E-state index is 9.05. The Kier molecular flexibility index (Phi) is 4.26. The average Bonchev–Trinajstić information content (AvgIpc) is 2.73. The number of nitrogens with zero attached hydrogens (tertiary/aromatic N) is 2. The molecule has 0 radical (unpaired) electrons. The number of aromatic nitrogens is 1. The molecule has 0 amide bonds. The number of hydrogen-bond donors (Lipinski definition) is 1. The number of rotatable bonds is 4. The van der Waals surface area contributed by atoms with Crippen molar-refractivity contribution in [2.45, 2.75) is 33.4 Å². The summed E-state index contributed by atoms with van der Waals surface area (Å²) in [6, 6.07) is 13.1. The van der Waals surface area contributed by atoms with Crippen LogP contribution in [-0.4, -0.2) is 4.57 Å². The highest BCUT2D eigenvalue weighted by Crippen LogP contribution is 2.17. The van der Waals surface area contributed by atoms with Crippen LogP contribution in [0.2, 0.25) is 0 Å². The smallest absolute Gasteiger partial charge is 0.120 e. The Morgan fingerprint density at radius 3 is 2.45 bits per heavy atom. The average molecular weight is 267 g/mol. The molecule has 2 aromatic rings. The first-order valence-corrected chi connectivity index (χ1v) is 6.88. The number of hydrogen-bond acceptors (Lipinski definition) is 2. The van der Waals surface area contributed by atoms with E-state index in [2.05, 4.69) is 49.5 Å². The summed E-state index contributed by atoms with van der Waals surface area (Å²) >= 11 is 0. The monoisotopic (exact) mass is 267 g/mol. The zero-order valence-electron chi connectivity index (χ0n) is 12.6. The summed E-state index contributed by atoms with van der Waals surface area (Å²) in [6.07, 6.45) is 0. The maximum Gasteiger partial charge on any atom is 0.120 e. The molecule has 0 spiro atoms. The first kappa shape index (κ1) is 14.4. The molecule has 0 saturated heterocycles. The van der Waals surface area contributed by atoms with Gasteiger partial charge in [0.25, 0.3) is 0 Å². The Labute approximate surface area is 120 Å². The fraction of sp³-hybridized carbons (Fsp3) is 0.353. The highest BCUT2D eigenvalue weighted by molar-refractivity contribution is 5.34. The molecule has 1 N–H and O–H groups in total. The molecule has 0 aliphatic heterocycles. The summed E-state index contributed by atoms with van der Waals surface area (Å²) in [5.41, 5.74) is 5.60. The molecule has 20 heavy (non-hydrogen) atoms. The van der Waals surface area contributed by atoms with Gasteiger partial charge in [-0.3, -0.25) is 0 Å². The van der Waals surface area contributed by atoms with E-state index in [1.807, 2.05) is 24.6 Å². The molecule has 1 aromatic heterocycles. The van der Waals surface area contributed by atoms with E-state index in [4.69, 9.17) is 5.26 Å². The summed E-state index contributed by atoms with van der Waals surface area (Å²) in [5, 5.41) is 12.6. The molecule has 0 aliphatic rings. The van der Waals surface area contributed by atoms with E-state index in [-0.39, 0.29) is 0 Å². The van der Waals surface area contributed by atoms with Crippen molar-refractivity contribution in [2.24, 2.45) is 7.05 Å². The first-order valence-electron chi connectivity index (χ1n) is 6.88. The Morgan fingerprint density at radius 1 is 1.25 bits per heavy atom. The number of nitrogens with one attached hydrogen (secondary N) is 1. The van der Waals surface area contributed by atoms with E-state index >= 15 is 0 Å². The van der Waals surface area contributed by atoms with Gasteiger partial charge < -0.3 is 9.88 Å². The van der Waals surface area contributed by atoms with Crippen molar-refractivity contribution in [1.82, 2.24) is 9.88 Å². The fourth-order valence-electron chi connectivity index (χ4n) is 2.28. The van der Waals surface area contributed by atoms with Crippen molar-refractivity contribution < 1.29 is 0 Å². The van der Waals surface area contributed by atoms with Crippen LogP contribution in [-0.2, 0) is 13.6 Å². The van der Waals surface area contributed by atoms with Crippen molar-refractivity contribution in [1.29, 1.82) is 5.26 Å². The van der Waals surface area contributed by atoms with Crippen LogP contribution in [0.25, 0.3) is 0 Å². The van der Waals surface area contributed by atoms with E-state index in [9.17, 15) is 0 Å². The quantitative estimate of drug-likeness (QED) is 0.922. The summed E-state index contributed by atoms with van der Waals surface area (Å²) in [4.78, 5) is 0. The minimum Gasteiger partial charge on any atom is -0.340 e.